The lowest BCUT2D eigenvalue weighted by Crippen LogP contribution is -1.43. The number of rotatable bonds is 0. The average Bonchev–Trinajstić information content (AvgIpc) is 1.25. The van der Waals surface area contributed by atoms with Crippen LogP contribution in [-0.2, 0) is 0 Å². The first-order chi connectivity index (χ1) is 3.46. The van der Waals surface area contributed by atoms with E-state index in [-0.39, 0.29) is 9.90 Å². The van der Waals surface area contributed by atoms with E-state index in [9.17, 15) is 0 Å². The second-order valence-electron chi connectivity index (χ2n) is 2.41. The van der Waals surface area contributed by atoms with Crippen LogP contribution in [0.4, 0.5) is 0 Å². The van der Waals surface area contributed by atoms with Crippen LogP contribution >= 0.6 is 9.90 Å². The van der Waals surface area contributed by atoms with Gasteiger partial charge in [0.15, 0.2) is 0 Å². The Morgan fingerprint density at radius 1 is 0.778 bits per heavy atom. The molecule has 0 nitrogen and oxygen atoms in total. The molecular weight excluding hydrogens is 127 g/mol. The lowest BCUT2D eigenvalue weighted by atomic mass is 10.4. The third-order valence-corrected chi connectivity index (χ3v) is 0. The first kappa shape index (κ1) is 16.0. The number of hydrogen-bond donors (Lipinski definition) is 0. The van der Waals surface area contributed by atoms with Crippen LogP contribution in [0, 0.1) is 0 Å². The van der Waals surface area contributed by atoms with Gasteiger partial charge < -0.3 is 0 Å². The maximum atomic E-state index is 3.56. The molecular formula is C8H19P. The Bertz CT molecular complexity index is 62.6. The summed E-state index contributed by atoms with van der Waals surface area (Å²) in [5, 5.41) is 0. The van der Waals surface area contributed by atoms with E-state index in [1.54, 1.807) is 0 Å². The van der Waals surface area contributed by atoms with Crippen molar-refractivity contribution < 1.29 is 0 Å². The van der Waals surface area contributed by atoms with Crippen LogP contribution < -0.4 is 0 Å². The molecule has 0 rings (SSSR count). The minimum absolute atomic E-state index is 0. The smallest absolute Gasteiger partial charge is 0.0445 e. The van der Waals surface area contributed by atoms with E-state index in [1.807, 2.05) is 27.7 Å². The second-order valence-corrected chi connectivity index (χ2v) is 2.41. The highest BCUT2D eigenvalue weighted by molar-refractivity contribution is 6.92. The molecule has 0 bridgehead atoms. The molecule has 9 heavy (non-hydrogen) atoms. The van der Waals surface area contributed by atoms with Crippen LogP contribution in [0.25, 0.3) is 0 Å². The molecule has 0 aliphatic carbocycles. The highest BCUT2D eigenvalue weighted by Gasteiger charge is 1.52. The van der Waals surface area contributed by atoms with Gasteiger partial charge in [0.05, 0.1) is 0 Å². The molecule has 1 atom stereocenters. The first-order valence-corrected chi connectivity index (χ1v) is 2.71. The topological polar surface area (TPSA) is 0 Å². The zero-order chi connectivity index (χ0) is 7.15. The lowest BCUT2D eigenvalue weighted by molar-refractivity contribution is 1.42. The van der Waals surface area contributed by atoms with E-state index >= 15 is 0 Å². The van der Waals surface area contributed by atoms with Crippen molar-refractivity contribution >= 4 is 9.90 Å². The third kappa shape index (κ3) is 34100. The van der Waals surface area contributed by atoms with Gasteiger partial charge in [-0.25, -0.2) is 0 Å². The van der Waals surface area contributed by atoms with Crippen molar-refractivity contribution in [2.24, 2.45) is 0 Å². The van der Waals surface area contributed by atoms with Crippen molar-refractivity contribution in [1.82, 2.24) is 0 Å². The molecule has 1 unspecified atom stereocenters. The summed E-state index contributed by atoms with van der Waals surface area (Å²) in [7, 11) is 0. The number of allylic oxidation sites excluding steroid dienone is 2. The van der Waals surface area contributed by atoms with Crippen LogP contribution in [0.3, 0.4) is 0 Å². The molecule has 0 aromatic rings. The molecule has 0 aliphatic rings. The van der Waals surface area contributed by atoms with Gasteiger partial charge in [0, 0.05) is 0 Å². The monoisotopic (exact) mass is 146 g/mol. The summed E-state index contributed by atoms with van der Waals surface area (Å²) < 4.78 is 0. The van der Waals surface area contributed by atoms with Gasteiger partial charge in [0.2, 0.25) is 0 Å². The summed E-state index contributed by atoms with van der Waals surface area (Å²) in [6.07, 6.45) is 0. The predicted molar refractivity (Wildman–Crippen MR) is 52.1 cm³/mol. The Kier molecular flexibility index (Phi) is 19.2. The highest BCUT2D eigenvalue weighted by atomic mass is 31.0. The molecule has 0 aromatic carbocycles. The Hall–Kier alpha value is -0.0900. The van der Waals surface area contributed by atoms with Crippen molar-refractivity contribution in [2.45, 2.75) is 27.7 Å². The lowest BCUT2D eigenvalue weighted by Gasteiger charge is -1.65. The van der Waals surface area contributed by atoms with Crippen LogP contribution in [0.1, 0.15) is 27.7 Å². The zero-order valence-electron chi connectivity index (χ0n) is 7.12. The maximum Gasteiger partial charge on any atom is -0.0445 e. The van der Waals surface area contributed by atoms with E-state index < -0.39 is 0 Å². The summed E-state index contributed by atoms with van der Waals surface area (Å²) >= 11 is 0. The molecule has 0 saturated heterocycles. The first-order valence-electron chi connectivity index (χ1n) is 2.71. The standard InChI is InChI=1S/2C4H8.H3P/c2*1-4(2)3;/h2*1H2,2-3H3;1H3. The summed E-state index contributed by atoms with van der Waals surface area (Å²) in [4.78, 5) is 0. The average molecular weight is 146 g/mol. The van der Waals surface area contributed by atoms with Gasteiger partial charge in [-0.2, -0.15) is 9.90 Å². The minimum atomic E-state index is 0. The molecule has 0 saturated carbocycles. The predicted octanol–water partition coefficient (Wildman–Crippen LogP) is 3.22. The van der Waals surface area contributed by atoms with Crippen molar-refractivity contribution in [1.29, 1.82) is 0 Å². The van der Waals surface area contributed by atoms with Crippen molar-refractivity contribution in [3.8, 4) is 0 Å². The minimum Gasteiger partial charge on any atom is -0.153 e. The van der Waals surface area contributed by atoms with Gasteiger partial charge >= 0.3 is 0 Å². The van der Waals surface area contributed by atoms with E-state index in [0.29, 0.717) is 0 Å². The fourth-order valence-corrected chi connectivity index (χ4v) is 0. The highest BCUT2D eigenvalue weighted by Crippen LogP contribution is 1.74. The normalized spacial score (nSPS) is 5.78. The van der Waals surface area contributed by atoms with Gasteiger partial charge in [0.1, 0.15) is 0 Å². The fraction of sp³-hybridized carbons (Fsp3) is 0.500. The summed E-state index contributed by atoms with van der Waals surface area (Å²) in [6.45, 7) is 15.0. The van der Waals surface area contributed by atoms with Gasteiger partial charge in [-0.1, -0.05) is 11.1 Å². The Morgan fingerprint density at radius 3 is 0.778 bits per heavy atom. The maximum absolute atomic E-state index is 3.56. The van der Waals surface area contributed by atoms with Gasteiger partial charge in [-0.05, 0) is 27.7 Å². The Labute approximate surface area is 62.7 Å². The molecule has 0 amide bonds. The van der Waals surface area contributed by atoms with Crippen LogP contribution in [0.2, 0.25) is 0 Å². The van der Waals surface area contributed by atoms with Gasteiger partial charge in [-0.3, -0.25) is 0 Å². The van der Waals surface area contributed by atoms with Crippen LogP contribution in [0.15, 0.2) is 24.3 Å². The van der Waals surface area contributed by atoms with Gasteiger partial charge in [-0.15, -0.1) is 13.2 Å². The van der Waals surface area contributed by atoms with E-state index in [1.165, 1.54) is 11.1 Å². The Balaban J connectivity index is -0.0000000720. The molecule has 0 fully saturated rings. The second kappa shape index (κ2) is 10.8. The SMILES string of the molecule is C=C(C)C.C=C(C)C.P. The van der Waals surface area contributed by atoms with Crippen molar-refractivity contribution in [3.63, 3.8) is 0 Å². The van der Waals surface area contributed by atoms with E-state index in [2.05, 4.69) is 13.2 Å². The molecule has 0 aromatic heterocycles. The van der Waals surface area contributed by atoms with E-state index in [4.69, 9.17) is 0 Å². The molecule has 56 valence electrons. The molecule has 0 N–H and O–H groups in total. The quantitative estimate of drug-likeness (QED) is 0.363. The summed E-state index contributed by atoms with van der Waals surface area (Å²) in [6, 6.07) is 0. The Morgan fingerprint density at radius 2 is 0.778 bits per heavy atom. The van der Waals surface area contributed by atoms with Crippen molar-refractivity contribution in [3.05, 3.63) is 24.3 Å². The third-order valence-electron chi connectivity index (χ3n) is 0. The van der Waals surface area contributed by atoms with Crippen LogP contribution in [-0.4, -0.2) is 0 Å². The summed E-state index contributed by atoms with van der Waals surface area (Å²) in [5.74, 6) is 0. The molecule has 1 heteroatoms. The van der Waals surface area contributed by atoms with Crippen LogP contribution in [0.5, 0.6) is 0 Å². The fourth-order valence-electron chi connectivity index (χ4n) is 0. The molecule has 0 aliphatic heterocycles. The number of hydrogen-bond acceptors (Lipinski definition) is 0. The molecule has 0 spiro atoms. The molecule has 0 heterocycles. The zero-order valence-corrected chi connectivity index (χ0v) is 8.54. The molecule has 0 radical (unpaired) electrons. The summed E-state index contributed by atoms with van der Waals surface area (Å²) in [5.41, 5.74) is 2.33. The largest absolute Gasteiger partial charge is 0.153 e. The van der Waals surface area contributed by atoms with Crippen molar-refractivity contribution in [2.75, 3.05) is 0 Å². The van der Waals surface area contributed by atoms with E-state index in [0.717, 1.165) is 0 Å². The van der Waals surface area contributed by atoms with Gasteiger partial charge in [0.25, 0.3) is 0 Å².